The normalized spacial score (nSPS) is 11.8. The van der Waals surface area contributed by atoms with Crippen molar-refractivity contribution in [3.63, 3.8) is 0 Å². The Kier molecular flexibility index (Phi) is 3.36. The Morgan fingerprint density at radius 2 is 1.93 bits per heavy atom. The van der Waals surface area contributed by atoms with Crippen LogP contribution in [0, 0.1) is 0 Å². The van der Waals surface area contributed by atoms with Gasteiger partial charge in [0, 0.05) is 0 Å². The molecule has 15 heavy (non-hydrogen) atoms. The van der Waals surface area contributed by atoms with Crippen LogP contribution in [0.4, 0.5) is 0 Å². The van der Waals surface area contributed by atoms with E-state index in [2.05, 4.69) is 0 Å². The minimum absolute atomic E-state index is 0.105. The molecule has 5 heteroatoms. The maximum absolute atomic E-state index is 10.9. The van der Waals surface area contributed by atoms with Gasteiger partial charge in [0.05, 0.1) is 12.0 Å². The van der Waals surface area contributed by atoms with Crippen LogP contribution in [0.15, 0.2) is 23.1 Å². The molecule has 0 aliphatic carbocycles. The van der Waals surface area contributed by atoms with Gasteiger partial charge in [0.25, 0.3) is 10.1 Å². The second-order valence-corrected chi connectivity index (χ2v) is 4.96. The quantitative estimate of drug-likeness (QED) is 0.807. The van der Waals surface area contributed by atoms with Crippen molar-refractivity contribution in [1.82, 2.24) is 0 Å². The molecule has 1 aromatic rings. The topological polar surface area (TPSA) is 63.6 Å². The van der Waals surface area contributed by atoms with E-state index in [0.717, 1.165) is 5.56 Å². The van der Waals surface area contributed by atoms with E-state index < -0.39 is 10.1 Å². The van der Waals surface area contributed by atoms with E-state index >= 15 is 0 Å². The minimum Gasteiger partial charge on any atom is -0.496 e. The van der Waals surface area contributed by atoms with Gasteiger partial charge in [0.1, 0.15) is 5.75 Å². The van der Waals surface area contributed by atoms with Crippen molar-refractivity contribution in [3.05, 3.63) is 23.8 Å². The van der Waals surface area contributed by atoms with Gasteiger partial charge in [-0.3, -0.25) is 4.55 Å². The summed E-state index contributed by atoms with van der Waals surface area (Å²) in [6.07, 6.45) is 0. The van der Waals surface area contributed by atoms with Gasteiger partial charge in [-0.25, -0.2) is 0 Å². The summed E-state index contributed by atoms with van der Waals surface area (Å²) in [5.41, 5.74) is 0.757. The van der Waals surface area contributed by atoms with E-state index in [4.69, 9.17) is 9.29 Å². The number of hydrogen-bond acceptors (Lipinski definition) is 3. The average molecular weight is 230 g/mol. The van der Waals surface area contributed by atoms with Crippen LogP contribution >= 0.6 is 0 Å². The molecule has 1 aromatic carbocycles. The number of rotatable bonds is 3. The van der Waals surface area contributed by atoms with Crippen LogP contribution in [0.5, 0.6) is 5.75 Å². The highest BCUT2D eigenvalue weighted by atomic mass is 32.2. The lowest BCUT2D eigenvalue weighted by molar-refractivity contribution is 0.407. The molecule has 0 unspecified atom stereocenters. The van der Waals surface area contributed by atoms with Crippen molar-refractivity contribution in [2.75, 3.05) is 7.11 Å². The highest BCUT2D eigenvalue weighted by molar-refractivity contribution is 7.85. The highest BCUT2D eigenvalue weighted by Crippen LogP contribution is 2.28. The van der Waals surface area contributed by atoms with Gasteiger partial charge in [-0.1, -0.05) is 13.8 Å². The van der Waals surface area contributed by atoms with E-state index in [1.165, 1.54) is 19.2 Å². The Labute approximate surface area is 89.6 Å². The summed E-state index contributed by atoms with van der Waals surface area (Å²) in [6, 6.07) is 4.29. The lowest BCUT2D eigenvalue weighted by Gasteiger charge is -2.12. The van der Waals surface area contributed by atoms with E-state index in [1.807, 2.05) is 13.8 Å². The first-order valence-electron chi connectivity index (χ1n) is 4.51. The Morgan fingerprint density at radius 1 is 1.33 bits per heavy atom. The van der Waals surface area contributed by atoms with E-state index in [1.54, 1.807) is 6.07 Å². The molecule has 0 fully saturated rings. The number of methoxy groups -OCH3 is 1. The van der Waals surface area contributed by atoms with Crippen LogP contribution < -0.4 is 4.74 Å². The second kappa shape index (κ2) is 4.20. The highest BCUT2D eigenvalue weighted by Gasteiger charge is 2.14. The fraction of sp³-hybridized carbons (Fsp3) is 0.400. The van der Waals surface area contributed by atoms with Crippen molar-refractivity contribution in [2.45, 2.75) is 24.7 Å². The molecule has 0 atom stereocenters. The summed E-state index contributed by atoms with van der Waals surface area (Å²) in [5.74, 6) is 0.749. The standard InChI is InChI=1S/C10H14O4S/c1-7(2)9-6-8(15(11,12)13)4-5-10(9)14-3/h4-7H,1-3H3,(H,11,12,13). The summed E-state index contributed by atoms with van der Waals surface area (Å²) < 4.78 is 35.8. The van der Waals surface area contributed by atoms with Crippen LogP contribution in [-0.2, 0) is 10.1 Å². The third kappa shape index (κ3) is 2.70. The molecule has 0 radical (unpaired) electrons. The number of hydrogen-bond donors (Lipinski definition) is 1. The van der Waals surface area contributed by atoms with Gasteiger partial charge >= 0.3 is 0 Å². The first-order valence-corrected chi connectivity index (χ1v) is 5.95. The molecular weight excluding hydrogens is 216 g/mol. The second-order valence-electron chi connectivity index (χ2n) is 3.53. The summed E-state index contributed by atoms with van der Waals surface area (Å²) >= 11 is 0. The zero-order valence-electron chi connectivity index (χ0n) is 8.89. The first kappa shape index (κ1) is 12.0. The van der Waals surface area contributed by atoms with Crippen molar-refractivity contribution in [2.24, 2.45) is 0 Å². The van der Waals surface area contributed by atoms with E-state index in [-0.39, 0.29) is 10.8 Å². The molecule has 4 nitrogen and oxygen atoms in total. The molecule has 0 saturated heterocycles. The fourth-order valence-corrected chi connectivity index (χ4v) is 1.84. The predicted molar refractivity (Wildman–Crippen MR) is 56.9 cm³/mol. The molecule has 0 aliphatic heterocycles. The van der Waals surface area contributed by atoms with Crippen LogP contribution in [-0.4, -0.2) is 20.1 Å². The molecular formula is C10H14O4S. The Bertz CT molecular complexity index is 448. The molecule has 1 rings (SSSR count). The first-order chi connectivity index (χ1) is 6.86. The van der Waals surface area contributed by atoms with Crippen LogP contribution in [0.1, 0.15) is 25.3 Å². The summed E-state index contributed by atoms with van der Waals surface area (Å²) in [5, 5.41) is 0. The fourth-order valence-electron chi connectivity index (χ4n) is 1.32. The SMILES string of the molecule is COc1ccc(S(=O)(=O)O)cc1C(C)C. The molecule has 0 heterocycles. The lowest BCUT2D eigenvalue weighted by Crippen LogP contribution is -2.01. The molecule has 1 N–H and O–H groups in total. The maximum Gasteiger partial charge on any atom is 0.294 e. The minimum atomic E-state index is -4.14. The van der Waals surface area contributed by atoms with Gasteiger partial charge in [-0.15, -0.1) is 0 Å². The summed E-state index contributed by atoms with van der Waals surface area (Å²) in [6.45, 7) is 3.84. The Hall–Kier alpha value is -1.07. The van der Waals surface area contributed by atoms with Crippen LogP contribution in [0.2, 0.25) is 0 Å². The molecule has 0 aliphatic rings. The summed E-state index contributed by atoms with van der Waals surface area (Å²) in [4.78, 5) is -0.105. The predicted octanol–water partition coefficient (Wildman–Crippen LogP) is 2.07. The van der Waals surface area contributed by atoms with Crippen molar-refractivity contribution in [3.8, 4) is 5.75 Å². The largest absolute Gasteiger partial charge is 0.496 e. The third-order valence-corrected chi connectivity index (χ3v) is 2.97. The molecule has 0 bridgehead atoms. The van der Waals surface area contributed by atoms with Crippen molar-refractivity contribution >= 4 is 10.1 Å². The molecule has 0 aromatic heterocycles. The van der Waals surface area contributed by atoms with Gasteiger partial charge in [0.2, 0.25) is 0 Å². The van der Waals surface area contributed by atoms with Crippen LogP contribution in [0.25, 0.3) is 0 Å². The zero-order chi connectivity index (χ0) is 11.6. The smallest absolute Gasteiger partial charge is 0.294 e. The number of ether oxygens (including phenoxy) is 1. The molecule has 0 saturated carbocycles. The van der Waals surface area contributed by atoms with Crippen LogP contribution in [0.3, 0.4) is 0 Å². The Morgan fingerprint density at radius 3 is 2.33 bits per heavy atom. The van der Waals surface area contributed by atoms with Gasteiger partial charge < -0.3 is 4.74 Å². The van der Waals surface area contributed by atoms with E-state index in [9.17, 15) is 8.42 Å². The molecule has 0 spiro atoms. The maximum atomic E-state index is 10.9. The Balaban J connectivity index is 3.35. The van der Waals surface area contributed by atoms with Gasteiger partial charge in [-0.2, -0.15) is 8.42 Å². The van der Waals surface area contributed by atoms with E-state index in [0.29, 0.717) is 5.75 Å². The zero-order valence-corrected chi connectivity index (χ0v) is 9.71. The number of benzene rings is 1. The third-order valence-electron chi connectivity index (χ3n) is 2.12. The van der Waals surface area contributed by atoms with Gasteiger partial charge in [-0.05, 0) is 29.7 Å². The van der Waals surface area contributed by atoms with Crippen molar-refractivity contribution < 1.29 is 17.7 Å². The lowest BCUT2D eigenvalue weighted by atomic mass is 10.0. The van der Waals surface area contributed by atoms with Gasteiger partial charge in [0.15, 0.2) is 0 Å². The molecule has 0 amide bonds. The monoisotopic (exact) mass is 230 g/mol. The summed E-state index contributed by atoms with van der Waals surface area (Å²) in [7, 11) is -2.62. The molecule has 84 valence electrons. The van der Waals surface area contributed by atoms with Crippen molar-refractivity contribution in [1.29, 1.82) is 0 Å². The average Bonchev–Trinajstić information content (AvgIpc) is 2.15.